The molecule has 0 fully saturated rings. The van der Waals surface area contributed by atoms with Crippen LogP contribution in [0, 0.1) is 0 Å². The molecule has 0 aromatic rings. The Hall–Kier alpha value is -0.573. The molecular formula is C8H16O2Si. The van der Waals surface area contributed by atoms with Crippen molar-refractivity contribution in [2.45, 2.75) is 32.4 Å². The Bertz CT molecular complexity index is 152. The molecule has 1 N–H and O–H groups in total. The number of hydrogen-bond acceptors (Lipinski definition) is 1. The summed E-state index contributed by atoms with van der Waals surface area (Å²) >= 11 is 0. The molecule has 0 atom stereocenters. The SMILES string of the molecule is C[SiH2]CCCC=C(C)C(=O)O. The van der Waals surface area contributed by atoms with E-state index in [1.165, 1.54) is 6.04 Å². The minimum Gasteiger partial charge on any atom is -0.478 e. The lowest BCUT2D eigenvalue weighted by Crippen LogP contribution is -1.95. The van der Waals surface area contributed by atoms with Gasteiger partial charge >= 0.3 is 5.97 Å². The van der Waals surface area contributed by atoms with Gasteiger partial charge in [0, 0.05) is 15.1 Å². The Kier molecular flexibility index (Phi) is 5.84. The number of hydrogen-bond donors (Lipinski definition) is 1. The average Bonchev–Trinajstić information content (AvgIpc) is 1.97. The highest BCUT2D eigenvalue weighted by Gasteiger charge is 1.96. The second-order valence-electron chi connectivity index (χ2n) is 2.69. The fourth-order valence-corrected chi connectivity index (χ4v) is 1.59. The van der Waals surface area contributed by atoms with E-state index in [1.54, 1.807) is 6.92 Å². The number of allylic oxidation sites excluding steroid dienone is 1. The largest absolute Gasteiger partial charge is 0.478 e. The van der Waals surface area contributed by atoms with E-state index in [0.717, 1.165) is 12.8 Å². The summed E-state index contributed by atoms with van der Waals surface area (Å²) in [7, 11) is 0.173. The molecule has 0 saturated carbocycles. The smallest absolute Gasteiger partial charge is 0.330 e. The summed E-state index contributed by atoms with van der Waals surface area (Å²) in [5.74, 6) is -0.793. The zero-order valence-electron chi connectivity index (χ0n) is 7.26. The maximum absolute atomic E-state index is 10.3. The van der Waals surface area contributed by atoms with E-state index in [9.17, 15) is 4.79 Å². The van der Waals surface area contributed by atoms with E-state index < -0.39 is 5.97 Å². The van der Waals surface area contributed by atoms with Crippen LogP contribution in [0.1, 0.15) is 19.8 Å². The first kappa shape index (κ1) is 10.4. The van der Waals surface area contributed by atoms with Crippen LogP contribution < -0.4 is 0 Å². The van der Waals surface area contributed by atoms with Gasteiger partial charge in [-0.05, 0) is 13.3 Å². The third-order valence-corrected chi connectivity index (χ3v) is 2.80. The summed E-state index contributed by atoms with van der Waals surface area (Å²) in [6.07, 6.45) is 3.90. The predicted molar refractivity (Wildman–Crippen MR) is 49.8 cm³/mol. The molecule has 0 bridgehead atoms. The van der Waals surface area contributed by atoms with Crippen molar-refractivity contribution in [3.8, 4) is 0 Å². The first-order chi connectivity index (χ1) is 5.18. The third kappa shape index (κ3) is 5.85. The van der Waals surface area contributed by atoms with E-state index in [1.807, 2.05) is 6.08 Å². The molecular weight excluding hydrogens is 156 g/mol. The molecule has 11 heavy (non-hydrogen) atoms. The van der Waals surface area contributed by atoms with E-state index in [0.29, 0.717) is 5.57 Å². The van der Waals surface area contributed by atoms with Crippen molar-refractivity contribution in [3.05, 3.63) is 11.6 Å². The van der Waals surface area contributed by atoms with Crippen molar-refractivity contribution in [1.82, 2.24) is 0 Å². The Balaban J connectivity index is 3.48. The molecule has 0 unspecified atom stereocenters. The molecule has 0 aliphatic carbocycles. The minimum atomic E-state index is -0.793. The van der Waals surface area contributed by atoms with Gasteiger partial charge in [-0.25, -0.2) is 4.79 Å². The van der Waals surface area contributed by atoms with Gasteiger partial charge in [0.25, 0.3) is 0 Å². The highest BCUT2D eigenvalue weighted by molar-refractivity contribution is 6.33. The second-order valence-corrected chi connectivity index (χ2v) is 4.40. The Morgan fingerprint density at radius 2 is 2.27 bits per heavy atom. The van der Waals surface area contributed by atoms with Crippen LogP contribution in [0.5, 0.6) is 0 Å². The molecule has 0 amide bonds. The van der Waals surface area contributed by atoms with Crippen LogP contribution in [0.4, 0.5) is 0 Å². The normalized spacial score (nSPS) is 12.7. The number of rotatable bonds is 5. The van der Waals surface area contributed by atoms with Crippen LogP contribution in [0.3, 0.4) is 0 Å². The molecule has 0 rings (SSSR count). The fourth-order valence-electron chi connectivity index (χ4n) is 0.800. The Labute approximate surface area is 70.1 Å². The lowest BCUT2D eigenvalue weighted by molar-refractivity contribution is -0.132. The van der Waals surface area contributed by atoms with Gasteiger partial charge in [0.05, 0.1) is 0 Å². The van der Waals surface area contributed by atoms with Crippen molar-refractivity contribution in [2.75, 3.05) is 0 Å². The van der Waals surface area contributed by atoms with Crippen molar-refractivity contribution in [3.63, 3.8) is 0 Å². The zero-order valence-corrected chi connectivity index (χ0v) is 8.68. The van der Waals surface area contributed by atoms with E-state index >= 15 is 0 Å². The molecule has 0 heterocycles. The van der Waals surface area contributed by atoms with Gasteiger partial charge in [-0.2, -0.15) is 0 Å². The summed E-state index contributed by atoms with van der Waals surface area (Å²) in [5, 5.41) is 8.48. The highest BCUT2D eigenvalue weighted by atomic mass is 28.2. The van der Waals surface area contributed by atoms with Crippen LogP contribution >= 0.6 is 0 Å². The van der Waals surface area contributed by atoms with Gasteiger partial charge in [0.2, 0.25) is 0 Å². The van der Waals surface area contributed by atoms with Crippen LogP contribution in [-0.4, -0.2) is 20.6 Å². The molecule has 0 aliphatic heterocycles. The van der Waals surface area contributed by atoms with E-state index in [-0.39, 0.29) is 9.52 Å². The molecule has 3 heteroatoms. The first-order valence-corrected chi connectivity index (χ1v) is 6.50. The lowest BCUT2D eigenvalue weighted by atomic mass is 10.2. The maximum Gasteiger partial charge on any atom is 0.330 e. The summed E-state index contributed by atoms with van der Waals surface area (Å²) in [6.45, 7) is 3.92. The third-order valence-electron chi connectivity index (χ3n) is 1.60. The highest BCUT2D eigenvalue weighted by Crippen LogP contribution is 2.01. The predicted octanol–water partition coefficient (Wildman–Crippen LogP) is 1.43. The standard InChI is InChI=1S/C8H16O2Si/c1-7(8(9)10)5-3-4-6-11-2/h5H,3-4,6,11H2,1-2H3,(H,9,10). The van der Waals surface area contributed by atoms with Gasteiger partial charge in [-0.3, -0.25) is 0 Å². The van der Waals surface area contributed by atoms with Gasteiger partial charge in [-0.1, -0.05) is 25.1 Å². The molecule has 64 valence electrons. The van der Waals surface area contributed by atoms with Crippen LogP contribution in [0.25, 0.3) is 0 Å². The first-order valence-electron chi connectivity index (χ1n) is 4.08. The fraction of sp³-hybridized carbons (Fsp3) is 0.625. The van der Waals surface area contributed by atoms with Crippen molar-refractivity contribution >= 4 is 15.5 Å². The Morgan fingerprint density at radius 1 is 1.64 bits per heavy atom. The van der Waals surface area contributed by atoms with Crippen LogP contribution in [0.15, 0.2) is 11.6 Å². The van der Waals surface area contributed by atoms with Crippen molar-refractivity contribution in [2.24, 2.45) is 0 Å². The number of carboxylic acid groups (broad SMARTS) is 1. The number of unbranched alkanes of at least 4 members (excludes halogenated alkanes) is 1. The van der Waals surface area contributed by atoms with Gasteiger partial charge in [0.15, 0.2) is 0 Å². The van der Waals surface area contributed by atoms with Crippen LogP contribution in [-0.2, 0) is 4.79 Å². The summed E-state index contributed by atoms with van der Waals surface area (Å²) < 4.78 is 0. The lowest BCUT2D eigenvalue weighted by Gasteiger charge is -1.93. The van der Waals surface area contributed by atoms with E-state index in [2.05, 4.69) is 6.55 Å². The molecule has 0 aliphatic rings. The van der Waals surface area contributed by atoms with Gasteiger partial charge in [0.1, 0.15) is 0 Å². The van der Waals surface area contributed by atoms with E-state index in [4.69, 9.17) is 5.11 Å². The number of aliphatic carboxylic acids is 1. The van der Waals surface area contributed by atoms with Crippen LogP contribution in [0.2, 0.25) is 12.6 Å². The van der Waals surface area contributed by atoms with Crippen molar-refractivity contribution < 1.29 is 9.90 Å². The molecule has 0 radical (unpaired) electrons. The molecule has 0 saturated heterocycles. The molecule has 2 nitrogen and oxygen atoms in total. The molecule has 0 aromatic carbocycles. The second kappa shape index (κ2) is 6.16. The van der Waals surface area contributed by atoms with Gasteiger partial charge < -0.3 is 5.11 Å². The summed E-state index contributed by atoms with van der Waals surface area (Å²) in [6, 6.07) is 1.32. The number of carbonyl (C=O) groups is 1. The summed E-state index contributed by atoms with van der Waals surface area (Å²) in [5.41, 5.74) is 0.475. The van der Waals surface area contributed by atoms with Gasteiger partial charge in [-0.15, -0.1) is 0 Å². The average molecular weight is 172 g/mol. The monoisotopic (exact) mass is 172 g/mol. The minimum absolute atomic E-state index is 0.173. The maximum atomic E-state index is 10.3. The number of carboxylic acids is 1. The quantitative estimate of drug-likeness (QED) is 0.387. The molecule has 0 aromatic heterocycles. The van der Waals surface area contributed by atoms with Crippen molar-refractivity contribution in [1.29, 1.82) is 0 Å². The Morgan fingerprint density at radius 3 is 2.73 bits per heavy atom. The topological polar surface area (TPSA) is 37.3 Å². The molecule has 0 spiro atoms. The zero-order chi connectivity index (χ0) is 8.69. The summed E-state index contributed by atoms with van der Waals surface area (Å²) in [4.78, 5) is 10.3.